The van der Waals surface area contributed by atoms with Gasteiger partial charge in [0.2, 0.25) is 0 Å². The fraction of sp³-hybridized carbons (Fsp3) is 0.333. The number of alkyl halides is 3. The summed E-state index contributed by atoms with van der Waals surface area (Å²) >= 11 is 0. The van der Waals surface area contributed by atoms with Crippen molar-refractivity contribution < 1.29 is 27.4 Å². The zero-order valence-corrected chi connectivity index (χ0v) is 21.1. The van der Waals surface area contributed by atoms with Crippen molar-refractivity contribution in [3.8, 4) is 5.75 Å². The molecule has 4 rings (SSSR count). The van der Waals surface area contributed by atoms with Crippen LogP contribution in [0.15, 0.2) is 82.2 Å². The minimum Gasteiger partial charge on any atom is -0.501 e. The van der Waals surface area contributed by atoms with E-state index in [1.807, 2.05) is 52.3 Å². The molecule has 1 N–H and O–H groups in total. The maximum Gasteiger partial charge on any atom is 0.423 e. The molecule has 3 atom stereocenters. The Balaban J connectivity index is 1.91. The zero-order valence-electron chi connectivity index (χ0n) is 21.1. The molecule has 0 saturated heterocycles. The Kier molecular flexibility index (Phi) is 7.96. The Morgan fingerprint density at radius 3 is 2.24 bits per heavy atom. The van der Waals surface area contributed by atoms with Crippen molar-refractivity contribution in [1.82, 2.24) is 9.55 Å². The van der Waals surface area contributed by atoms with Crippen LogP contribution in [-0.4, -0.2) is 43.5 Å². The fourth-order valence-electron chi connectivity index (χ4n) is 4.85. The Bertz CT molecular complexity index is 1380. The van der Waals surface area contributed by atoms with E-state index >= 15 is 0 Å². The lowest BCUT2D eigenvalue weighted by atomic mass is 9.96. The number of benzene rings is 2. The number of H-pyrrole nitrogens is 1. The van der Waals surface area contributed by atoms with Crippen molar-refractivity contribution in [1.29, 1.82) is 0 Å². The summed E-state index contributed by atoms with van der Waals surface area (Å²) in [5.41, 5.74) is -2.23. The average Bonchev–Trinajstić information content (AvgIpc) is 3.25. The molecule has 3 aromatic rings. The first-order valence-corrected chi connectivity index (χ1v) is 11.8. The number of rotatable bonds is 9. The van der Waals surface area contributed by atoms with Crippen LogP contribution >= 0.6 is 0 Å². The largest absolute Gasteiger partial charge is 0.501 e. The molecule has 1 aliphatic carbocycles. The molecule has 1 aromatic heterocycles. The van der Waals surface area contributed by atoms with Gasteiger partial charge in [-0.15, -0.1) is 0 Å². The number of aromatic nitrogens is 2. The van der Waals surface area contributed by atoms with E-state index in [-0.39, 0.29) is 6.61 Å². The summed E-state index contributed by atoms with van der Waals surface area (Å²) in [6.45, 7) is 0.538. The number of methoxy groups -OCH3 is 3. The Labute approximate surface area is 216 Å². The Morgan fingerprint density at radius 1 is 0.974 bits per heavy atom. The molecule has 1 aliphatic rings. The quantitative estimate of drug-likeness (QED) is 0.450. The smallest absolute Gasteiger partial charge is 0.423 e. The number of nitrogens with one attached hydrogen (secondary N) is 1. The van der Waals surface area contributed by atoms with Crippen LogP contribution in [0.25, 0.3) is 0 Å². The topological polar surface area (TPSA) is 85.8 Å². The molecule has 0 fully saturated rings. The number of hydrogen-bond donors (Lipinski definition) is 1. The van der Waals surface area contributed by atoms with Gasteiger partial charge in [-0.25, -0.2) is 4.79 Å². The van der Waals surface area contributed by atoms with Crippen LogP contribution in [-0.2, 0) is 22.2 Å². The molecule has 0 unspecified atom stereocenters. The van der Waals surface area contributed by atoms with E-state index in [9.17, 15) is 22.8 Å². The van der Waals surface area contributed by atoms with E-state index < -0.39 is 41.0 Å². The predicted molar refractivity (Wildman–Crippen MR) is 135 cm³/mol. The summed E-state index contributed by atoms with van der Waals surface area (Å²) in [7, 11) is 4.52. The van der Waals surface area contributed by atoms with Gasteiger partial charge in [-0.05, 0) is 35.9 Å². The van der Waals surface area contributed by atoms with Crippen LogP contribution in [0.3, 0.4) is 0 Å². The second kappa shape index (κ2) is 11.2. The minimum absolute atomic E-state index is 0.173. The highest BCUT2D eigenvalue weighted by Crippen LogP contribution is 2.41. The molecule has 0 spiro atoms. The molecule has 8 nitrogen and oxygen atoms in total. The van der Waals surface area contributed by atoms with Gasteiger partial charge in [0.25, 0.3) is 5.56 Å². The SMILES string of the molecule is COC[C@H]1C(OC)=C[C@@H](n2cc(C(F)(F)F)c(=O)[nH]c2=O)[C@@H]1N(Cc1ccccc1)c1ccc(OC)cc1. The standard InChI is InChI=1S/C27H28F3N3O5/c1-36-16-20-23(38-3)13-22(33-15-21(27(28,29)30)25(34)31-26(33)35)24(20)32(14-17-7-5-4-6-8-17)18-9-11-19(37-2)12-10-18/h4-13,15,20,22,24H,14,16H2,1-3H3,(H,31,34,35)/t20-,22+,24+/m0/s1. The maximum atomic E-state index is 13.6. The van der Waals surface area contributed by atoms with Crippen molar-refractivity contribution in [3.63, 3.8) is 0 Å². The zero-order chi connectivity index (χ0) is 27.4. The van der Waals surface area contributed by atoms with Crippen molar-refractivity contribution in [2.75, 3.05) is 32.8 Å². The third kappa shape index (κ3) is 5.47. The molecular weight excluding hydrogens is 503 g/mol. The summed E-state index contributed by atoms with van der Waals surface area (Å²) < 4.78 is 58.2. The molecule has 0 aliphatic heterocycles. The lowest BCUT2D eigenvalue weighted by molar-refractivity contribution is -0.139. The van der Waals surface area contributed by atoms with Crippen molar-refractivity contribution in [2.45, 2.75) is 24.8 Å². The first-order valence-electron chi connectivity index (χ1n) is 11.8. The van der Waals surface area contributed by atoms with Gasteiger partial charge < -0.3 is 19.1 Å². The highest BCUT2D eigenvalue weighted by molar-refractivity contribution is 5.52. The molecular formula is C27H28F3N3O5. The molecule has 0 saturated carbocycles. The molecule has 202 valence electrons. The number of nitrogens with zero attached hydrogens (tertiary/aromatic N) is 2. The van der Waals surface area contributed by atoms with Crippen LogP contribution in [0, 0.1) is 5.92 Å². The van der Waals surface area contributed by atoms with Crippen molar-refractivity contribution in [2.24, 2.45) is 5.92 Å². The molecule has 1 heterocycles. The normalized spacial score (nSPS) is 19.2. The number of halogens is 3. The van der Waals surface area contributed by atoms with Gasteiger partial charge in [-0.2, -0.15) is 13.2 Å². The molecule has 0 bridgehead atoms. The molecule has 2 aromatic carbocycles. The fourth-order valence-corrected chi connectivity index (χ4v) is 4.85. The number of anilines is 1. The van der Waals surface area contributed by atoms with Crippen molar-refractivity contribution in [3.05, 3.63) is 105 Å². The second-order valence-electron chi connectivity index (χ2n) is 8.83. The summed E-state index contributed by atoms with van der Waals surface area (Å²) in [4.78, 5) is 28.8. The average molecular weight is 532 g/mol. The van der Waals surface area contributed by atoms with E-state index in [1.54, 1.807) is 25.3 Å². The van der Waals surface area contributed by atoms with Gasteiger partial charge in [0.15, 0.2) is 0 Å². The number of hydrogen-bond acceptors (Lipinski definition) is 6. The van der Waals surface area contributed by atoms with Crippen LogP contribution < -0.4 is 20.9 Å². The van der Waals surface area contributed by atoms with Gasteiger partial charge >= 0.3 is 11.9 Å². The highest BCUT2D eigenvalue weighted by Gasteiger charge is 2.44. The van der Waals surface area contributed by atoms with Gasteiger partial charge in [0, 0.05) is 25.5 Å². The number of ether oxygens (including phenoxy) is 3. The van der Waals surface area contributed by atoms with Crippen LogP contribution in [0.4, 0.5) is 18.9 Å². The second-order valence-corrected chi connectivity index (χ2v) is 8.83. The van der Waals surface area contributed by atoms with E-state index in [2.05, 4.69) is 0 Å². The Morgan fingerprint density at radius 2 is 1.66 bits per heavy atom. The first kappa shape index (κ1) is 27.1. The third-order valence-corrected chi connectivity index (χ3v) is 6.60. The molecule has 0 radical (unpaired) electrons. The van der Waals surface area contributed by atoms with Gasteiger partial charge in [-0.3, -0.25) is 14.3 Å². The van der Waals surface area contributed by atoms with E-state index in [4.69, 9.17) is 14.2 Å². The summed E-state index contributed by atoms with van der Waals surface area (Å²) in [6, 6.07) is 15.2. The lowest BCUT2D eigenvalue weighted by Gasteiger charge is -2.39. The molecule has 11 heteroatoms. The Hall–Kier alpha value is -3.99. The third-order valence-electron chi connectivity index (χ3n) is 6.60. The van der Waals surface area contributed by atoms with Gasteiger partial charge in [-0.1, -0.05) is 30.3 Å². The highest BCUT2D eigenvalue weighted by atomic mass is 19.4. The molecule has 38 heavy (non-hydrogen) atoms. The predicted octanol–water partition coefficient (Wildman–Crippen LogP) is 3.99. The van der Waals surface area contributed by atoms with Crippen LogP contribution in [0.5, 0.6) is 5.75 Å². The monoisotopic (exact) mass is 531 g/mol. The van der Waals surface area contributed by atoms with E-state index in [1.165, 1.54) is 14.2 Å². The summed E-state index contributed by atoms with van der Waals surface area (Å²) in [5.74, 6) is 0.640. The van der Waals surface area contributed by atoms with Crippen LogP contribution in [0.2, 0.25) is 0 Å². The maximum absolute atomic E-state index is 13.6. The van der Waals surface area contributed by atoms with Crippen molar-refractivity contribution >= 4 is 5.69 Å². The minimum atomic E-state index is -4.95. The van der Waals surface area contributed by atoms with Gasteiger partial charge in [0.1, 0.15) is 17.1 Å². The summed E-state index contributed by atoms with van der Waals surface area (Å²) in [6.07, 6.45) is -2.77. The van der Waals surface area contributed by atoms with Crippen LogP contribution in [0.1, 0.15) is 17.2 Å². The lowest BCUT2D eigenvalue weighted by Crippen LogP contribution is -2.48. The number of aromatic amines is 1. The summed E-state index contributed by atoms with van der Waals surface area (Å²) in [5, 5.41) is 0. The first-order chi connectivity index (χ1) is 18.2. The van der Waals surface area contributed by atoms with E-state index in [0.717, 1.165) is 15.8 Å². The van der Waals surface area contributed by atoms with Gasteiger partial charge in [0.05, 0.1) is 38.8 Å². The molecule has 0 amide bonds. The van der Waals surface area contributed by atoms with E-state index in [0.29, 0.717) is 24.3 Å².